The van der Waals surface area contributed by atoms with E-state index in [1.54, 1.807) is 0 Å². The summed E-state index contributed by atoms with van der Waals surface area (Å²) < 4.78 is 17.8. The Morgan fingerprint density at radius 3 is 1.77 bits per heavy atom. The van der Waals surface area contributed by atoms with Gasteiger partial charge in [0.05, 0.1) is 17.3 Å². The van der Waals surface area contributed by atoms with Gasteiger partial charge in [-0.15, -0.1) is 0 Å². The summed E-state index contributed by atoms with van der Waals surface area (Å²) in [7, 11) is 0. The number of rotatable bonds is 6. The minimum Gasteiger partial charge on any atom is -0.577 e. The molecule has 0 aromatic heterocycles. The zero-order valence-electron chi connectivity index (χ0n) is 12.2. The molecule has 22 heavy (non-hydrogen) atoms. The molecule has 0 aliphatic heterocycles. The van der Waals surface area contributed by atoms with E-state index in [2.05, 4.69) is 12.2 Å². The normalized spacial score (nSPS) is 13.2. The van der Waals surface area contributed by atoms with E-state index >= 15 is 0 Å². The molecule has 1 aliphatic carbocycles. The molecule has 2 aromatic carbocycles. The number of benzene rings is 2. The highest BCUT2D eigenvalue weighted by atomic mass is 27.3. The van der Waals surface area contributed by atoms with Gasteiger partial charge < -0.3 is 11.4 Å². The Morgan fingerprint density at radius 2 is 1.27 bits per heavy atom. The molecule has 2 aromatic rings. The highest BCUT2D eigenvalue weighted by molar-refractivity contribution is 6.39. The Labute approximate surface area is 135 Å². The Balaban J connectivity index is 1.72. The highest BCUT2D eigenvalue weighted by Crippen LogP contribution is 2.18. The molecule has 0 amide bonds. The fourth-order valence-electron chi connectivity index (χ4n) is 2.08. The van der Waals surface area contributed by atoms with E-state index < -0.39 is 15.1 Å². The summed E-state index contributed by atoms with van der Waals surface area (Å²) in [5, 5.41) is 0. The molecule has 4 heteroatoms. The van der Waals surface area contributed by atoms with Crippen LogP contribution in [0.25, 0.3) is 0 Å². The van der Waals surface area contributed by atoms with E-state index in [0.29, 0.717) is 0 Å². The first-order valence-corrected chi connectivity index (χ1v) is 8.78. The second kappa shape index (κ2) is 7.75. The minimum absolute atomic E-state index is 0.760. The van der Waals surface area contributed by atoms with Crippen molar-refractivity contribution in [1.82, 2.24) is 0 Å². The summed E-state index contributed by atoms with van der Waals surface area (Å²) in [6.07, 6.45) is 8.20. The number of allylic oxidation sites excluding steroid dienone is 3. The molecule has 0 spiro atoms. The van der Waals surface area contributed by atoms with E-state index in [0.717, 1.165) is 30.1 Å². The third-order valence-electron chi connectivity index (χ3n) is 3.14. The van der Waals surface area contributed by atoms with Crippen LogP contribution in [0.3, 0.4) is 0 Å². The van der Waals surface area contributed by atoms with Gasteiger partial charge in [0.1, 0.15) is 0 Å². The first-order valence-electron chi connectivity index (χ1n) is 7.37. The first kappa shape index (κ1) is 14.8. The van der Waals surface area contributed by atoms with E-state index in [1.807, 2.05) is 66.7 Å². The van der Waals surface area contributed by atoms with Crippen LogP contribution in [0.5, 0.6) is 11.5 Å². The van der Waals surface area contributed by atoms with Crippen LogP contribution in [0.2, 0.25) is 0 Å². The van der Waals surface area contributed by atoms with Gasteiger partial charge in [-0.05, 0) is 49.3 Å². The molecule has 0 heterocycles. The molecular formula is C18H17AlO3. The molecular weight excluding hydrogens is 291 g/mol. The molecule has 3 nitrogen and oxygen atoms in total. The molecule has 1 aliphatic rings. The van der Waals surface area contributed by atoms with Crippen LogP contribution in [0.15, 0.2) is 84.7 Å². The maximum absolute atomic E-state index is 5.97. The average molecular weight is 308 g/mol. The molecule has 110 valence electrons. The Bertz CT molecular complexity index is 596. The third kappa shape index (κ3) is 4.42. The SMILES string of the molecule is C1=CC([O][Al]([O]c2ccccc2)[O]c2ccccc2)=CCC1. The van der Waals surface area contributed by atoms with Gasteiger partial charge in [-0.3, -0.25) is 0 Å². The quantitative estimate of drug-likeness (QED) is 0.741. The highest BCUT2D eigenvalue weighted by Gasteiger charge is 2.44. The van der Waals surface area contributed by atoms with Gasteiger partial charge in [-0.2, -0.15) is 0 Å². The molecule has 0 fully saturated rings. The monoisotopic (exact) mass is 308 g/mol. The lowest BCUT2D eigenvalue weighted by Crippen LogP contribution is -2.33. The van der Waals surface area contributed by atoms with Gasteiger partial charge in [0.15, 0.2) is 0 Å². The summed E-state index contributed by atoms with van der Waals surface area (Å²) in [4.78, 5) is 0. The van der Waals surface area contributed by atoms with Crippen molar-refractivity contribution < 1.29 is 11.4 Å². The summed E-state index contributed by atoms with van der Waals surface area (Å²) in [5.41, 5.74) is 0. The summed E-state index contributed by atoms with van der Waals surface area (Å²) in [6.45, 7) is 0. The molecule has 0 saturated heterocycles. The van der Waals surface area contributed by atoms with Crippen molar-refractivity contribution in [1.29, 1.82) is 0 Å². The zero-order chi connectivity index (χ0) is 15.0. The molecule has 0 atom stereocenters. The van der Waals surface area contributed by atoms with Gasteiger partial charge in [-0.25, -0.2) is 0 Å². The van der Waals surface area contributed by atoms with Crippen molar-refractivity contribution in [3.8, 4) is 11.5 Å². The van der Waals surface area contributed by atoms with Gasteiger partial charge in [0, 0.05) is 0 Å². The van der Waals surface area contributed by atoms with Crippen molar-refractivity contribution in [2.24, 2.45) is 0 Å². The van der Waals surface area contributed by atoms with E-state index in [-0.39, 0.29) is 0 Å². The lowest BCUT2D eigenvalue weighted by molar-refractivity contribution is 0.261. The molecule has 0 bridgehead atoms. The standard InChI is InChI=1S/C6H8O.2C6H6O.Al/c3*7-6-4-2-1-3-5-6;/h2,4-5,7H,1,3H2;2*1-5,7H;/q;;;+3/p-3. The van der Waals surface area contributed by atoms with Crippen molar-refractivity contribution in [2.45, 2.75) is 12.8 Å². The van der Waals surface area contributed by atoms with Crippen LogP contribution in [0.4, 0.5) is 0 Å². The molecule has 0 unspecified atom stereocenters. The molecule has 0 saturated carbocycles. The predicted molar refractivity (Wildman–Crippen MR) is 87.4 cm³/mol. The maximum Gasteiger partial charge on any atom is 1.20 e. The third-order valence-corrected chi connectivity index (χ3v) is 4.54. The van der Waals surface area contributed by atoms with Gasteiger partial charge in [0.25, 0.3) is 0 Å². The number of para-hydroxylation sites is 2. The zero-order valence-corrected chi connectivity index (χ0v) is 13.4. The lowest BCUT2D eigenvalue weighted by atomic mass is 10.2. The second-order valence-corrected chi connectivity index (χ2v) is 6.14. The topological polar surface area (TPSA) is 27.7 Å². The summed E-state index contributed by atoms with van der Waals surface area (Å²) in [5.74, 6) is 2.35. The number of hydrogen-bond donors (Lipinski definition) is 0. The predicted octanol–water partition coefficient (Wildman–Crippen LogP) is 4.38. The second-order valence-electron chi connectivity index (χ2n) is 4.85. The summed E-state index contributed by atoms with van der Waals surface area (Å²) >= 11 is -2.38. The van der Waals surface area contributed by atoms with Crippen molar-refractivity contribution in [3.05, 3.63) is 84.7 Å². The summed E-state index contributed by atoms with van der Waals surface area (Å²) in [6, 6.07) is 19.3. The van der Waals surface area contributed by atoms with Gasteiger partial charge in [-0.1, -0.05) is 42.5 Å². The Kier molecular flexibility index (Phi) is 5.20. The fraction of sp³-hybridized carbons (Fsp3) is 0.111. The lowest BCUT2D eigenvalue weighted by Gasteiger charge is -2.18. The van der Waals surface area contributed by atoms with Crippen LogP contribution >= 0.6 is 0 Å². The first-order chi connectivity index (χ1) is 10.9. The van der Waals surface area contributed by atoms with Gasteiger partial charge >= 0.3 is 15.1 Å². The molecule has 3 rings (SSSR count). The van der Waals surface area contributed by atoms with Crippen LogP contribution in [0, 0.1) is 0 Å². The average Bonchev–Trinajstić information content (AvgIpc) is 2.57. The maximum atomic E-state index is 5.97. The van der Waals surface area contributed by atoms with Crippen molar-refractivity contribution >= 4 is 15.1 Å². The smallest absolute Gasteiger partial charge is 0.577 e. The van der Waals surface area contributed by atoms with Crippen LogP contribution in [-0.4, -0.2) is 15.1 Å². The van der Waals surface area contributed by atoms with Crippen LogP contribution in [-0.2, 0) is 3.79 Å². The molecule has 0 radical (unpaired) electrons. The van der Waals surface area contributed by atoms with Crippen LogP contribution in [0.1, 0.15) is 12.8 Å². The minimum atomic E-state index is -2.38. The van der Waals surface area contributed by atoms with Gasteiger partial charge in [0.2, 0.25) is 0 Å². The van der Waals surface area contributed by atoms with Crippen molar-refractivity contribution in [3.63, 3.8) is 0 Å². The Hall–Kier alpha value is -2.15. The van der Waals surface area contributed by atoms with E-state index in [9.17, 15) is 0 Å². The molecule has 0 N–H and O–H groups in total. The Morgan fingerprint density at radius 1 is 0.682 bits per heavy atom. The fourth-order valence-corrected chi connectivity index (χ4v) is 3.38. The van der Waals surface area contributed by atoms with Crippen LogP contribution < -0.4 is 7.58 Å². The van der Waals surface area contributed by atoms with E-state index in [4.69, 9.17) is 11.4 Å². The largest absolute Gasteiger partial charge is 1.20 e. The van der Waals surface area contributed by atoms with E-state index in [1.165, 1.54) is 0 Å². The van der Waals surface area contributed by atoms with Crippen molar-refractivity contribution in [2.75, 3.05) is 0 Å². The number of hydrogen-bond acceptors (Lipinski definition) is 3.